The minimum absolute atomic E-state index is 0.0669. The molecule has 1 fully saturated rings. The van der Waals surface area contributed by atoms with Gasteiger partial charge in [-0.3, -0.25) is 4.79 Å². The second-order valence-corrected chi connectivity index (χ2v) is 6.72. The van der Waals surface area contributed by atoms with E-state index in [4.69, 9.17) is 9.47 Å². The lowest BCUT2D eigenvalue weighted by atomic mass is 9.92. The second-order valence-electron chi connectivity index (χ2n) is 6.72. The van der Waals surface area contributed by atoms with Crippen molar-refractivity contribution >= 4 is 11.6 Å². The normalized spacial score (nSPS) is 26.7. The predicted molar refractivity (Wildman–Crippen MR) is 84.3 cm³/mol. The Balaban J connectivity index is 1.48. The Morgan fingerprint density at radius 2 is 1.95 bits per heavy atom. The van der Waals surface area contributed by atoms with Crippen LogP contribution in [0.4, 0.5) is 5.69 Å². The molecule has 0 saturated carbocycles. The molecule has 22 heavy (non-hydrogen) atoms. The molecular formula is C17H25N2O3+. The van der Waals surface area contributed by atoms with Gasteiger partial charge in [0.15, 0.2) is 11.5 Å². The number of anilines is 1. The SMILES string of the molecule is C[C@H]1C[C@H](C)C[NH+](CCC(=O)Nc2ccc3c(c2)OCO3)C1. The second kappa shape index (κ2) is 6.57. The molecule has 1 aromatic rings. The van der Waals surface area contributed by atoms with Crippen molar-refractivity contribution in [3.63, 3.8) is 0 Å². The Labute approximate surface area is 131 Å². The zero-order valence-corrected chi connectivity index (χ0v) is 13.4. The lowest BCUT2D eigenvalue weighted by Crippen LogP contribution is -3.14. The molecule has 0 aromatic heterocycles. The van der Waals surface area contributed by atoms with E-state index in [-0.39, 0.29) is 12.7 Å². The van der Waals surface area contributed by atoms with E-state index in [2.05, 4.69) is 19.2 Å². The van der Waals surface area contributed by atoms with Gasteiger partial charge in [-0.1, -0.05) is 13.8 Å². The zero-order valence-electron chi connectivity index (χ0n) is 13.4. The molecule has 1 aromatic carbocycles. The molecule has 2 N–H and O–H groups in total. The average molecular weight is 305 g/mol. The van der Waals surface area contributed by atoms with Crippen molar-refractivity contribution in [1.82, 2.24) is 0 Å². The van der Waals surface area contributed by atoms with E-state index < -0.39 is 0 Å². The number of nitrogens with one attached hydrogen (secondary N) is 2. The van der Waals surface area contributed by atoms with Crippen molar-refractivity contribution < 1.29 is 19.2 Å². The number of fused-ring (bicyclic) bond motifs is 1. The van der Waals surface area contributed by atoms with Crippen LogP contribution < -0.4 is 19.7 Å². The van der Waals surface area contributed by atoms with Gasteiger partial charge in [-0.2, -0.15) is 0 Å². The molecule has 0 bridgehead atoms. The van der Waals surface area contributed by atoms with Crippen LogP contribution >= 0.6 is 0 Å². The highest BCUT2D eigenvalue weighted by Gasteiger charge is 2.25. The van der Waals surface area contributed by atoms with Crippen LogP contribution in [0, 0.1) is 11.8 Å². The third-order valence-electron chi connectivity index (χ3n) is 4.44. The van der Waals surface area contributed by atoms with E-state index >= 15 is 0 Å². The van der Waals surface area contributed by atoms with Gasteiger partial charge >= 0.3 is 0 Å². The number of carbonyl (C=O) groups excluding carboxylic acids is 1. The van der Waals surface area contributed by atoms with Crippen LogP contribution in [0.3, 0.4) is 0 Å². The van der Waals surface area contributed by atoms with E-state index in [9.17, 15) is 4.79 Å². The van der Waals surface area contributed by atoms with Crippen LogP contribution in [0.15, 0.2) is 18.2 Å². The maximum absolute atomic E-state index is 12.1. The molecule has 1 saturated heterocycles. The molecule has 0 unspecified atom stereocenters. The van der Waals surface area contributed by atoms with Gasteiger partial charge in [0, 0.05) is 23.6 Å². The number of hydrogen-bond acceptors (Lipinski definition) is 3. The summed E-state index contributed by atoms with van der Waals surface area (Å²) in [6.45, 7) is 8.14. The lowest BCUT2D eigenvalue weighted by Gasteiger charge is -2.31. The van der Waals surface area contributed by atoms with Crippen molar-refractivity contribution in [3.8, 4) is 11.5 Å². The highest BCUT2D eigenvalue weighted by atomic mass is 16.7. The number of hydrogen-bond donors (Lipinski definition) is 2. The van der Waals surface area contributed by atoms with Crippen LogP contribution in [0.2, 0.25) is 0 Å². The number of carbonyl (C=O) groups is 1. The fourth-order valence-corrected chi connectivity index (χ4v) is 3.61. The van der Waals surface area contributed by atoms with Crippen molar-refractivity contribution in [2.24, 2.45) is 11.8 Å². The first kappa shape index (κ1) is 15.2. The van der Waals surface area contributed by atoms with Crippen LogP contribution in [0.5, 0.6) is 11.5 Å². The van der Waals surface area contributed by atoms with Gasteiger partial charge in [0.1, 0.15) is 0 Å². The first-order valence-corrected chi connectivity index (χ1v) is 8.13. The smallest absolute Gasteiger partial charge is 0.231 e. The Kier molecular flexibility index (Phi) is 4.52. The number of piperidine rings is 1. The molecular weight excluding hydrogens is 280 g/mol. The van der Waals surface area contributed by atoms with Crippen LogP contribution in [-0.2, 0) is 4.79 Å². The third-order valence-corrected chi connectivity index (χ3v) is 4.44. The molecule has 0 radical (unpaired) electrons. The number of amides is 1. The molecule has 2 aliphatic rings. The molecule has 0 spiro atoms. The predicted octanol–water partition coefficient (Wildman–Crippen LogP) is 1.30. The molecule has 1 amide bonds. The summed E-state index contributed by atoms with van der Waals surface area (Å²) < 4.78 is 10.6. The standard InChI is InChI=1S/C17H24N2O3/c1-12-7-13(2)10-19(9-12)6-5-17(20)18-14-3-4-15-16(8-14)22-11-21-15/h3-4,8,12-13H,5-7,9-11H2,1-2H3,(H,18,20)/p+1/t12-,13-/m0/s1. The fourth-order valence-electron chi connectivity index (χ4n) is 3.61. The summed E-state index contributed by atoms with van der Waals surface area (Å²) >= 11 is 0. The maximum Gasteiger partial charge on any atom is 0.231 e. The maximum atomic E-state index is 12.1. The molecule has 120 valence electrons. The van der Waals surface area contributed by atoms with E-state index in [1.807, 2.05) is 18.2 Å². The molecule has 2 heterocycles. The molecule has 5 nitrogen and oxygen atoms in total. The Bertz CT molecular complexity index is 537. The first-order valence-electron chi connectivity index (χ1n) is 8.13. The summed E-state index contributed by atoms with van der Waals surface area (Å²) in [5, 5.41) is 2.95. The number of likely N-dealkylation sites (tertiary alicyclic amines) is 1. The number of rotatable bonds is 4. The van der Waals surface area contributed by atoms with E-state index in [1.165, 1.54) is 19.5 Å². The average Bonchev–Trinajstić information content (AvgIpc) is 2.92. The summed E-state index contributed by atoms with van der Waals surface area (Å²) in [4.78, 5) is 13.7. The van der Waals surface area contributed by atoms with Gasteiger partial charge in [-0.15, -0.1) is 0 Å². The van der Waals surface area contributed by atoms with E-state index in [0.29, 0.717) is 12.2 Å². The minimum Gasteiger partial charge on any atom is -0.454 e. The monoisotopic (exact) mass is 305 g/mol. The summed E-state index contributed by atoms with van der Waals surface area (Å²) in [5.74, 6) is 3.02. The van der Waals surface area contributed by atoms with Gasteiger partial charge in [-0.25, -0.2) is 0 Å². The van der Waals surface area contributed by atoms with Crippen molar-refractivity contribution in [1.29, 1.82) is 0 Å². The fraction of sp³-hybridized carbons (Fsp3) is 0.588. The number of quaternary nitrogens is 1. The summed E-state index contributed by atoms with van der Waals surface area (Å²) in [6.07, 6.45) is 1.87. The van der Waals surface area contributed by atoms with Crippen LogP contribution in [0.1, 0.15) is 26.7 Å². The zero-order chi connectivity index (χ0) is 15.5. The van der Waals surface area contributed by atoms with Gasteiger partial charge in [-0.05, 0) is 18.6 Å². The molecule has 2 atom stereocenters. The summed E-state index contributed by atoms with van der Waals surface area (Å²) in [7, 11) is 0. The number of benzene rings is 1. The van der Waals surface area contributed by atoms with Crippen molar-refractivity contribution in [3.05, 3.63) is 18.2 Å². The molecule has 5 heteroatoms. The van der Waals surface area contributed by atoms with Crippen LogP contribution in [-0.4, -0.2) is 32.3 Å². The van der Waals surface area contributed by atoms with Gasteiger partial charge in [0.2, 0.25) is 12.7 Å². The van der Waals surface area contributed by atoms with E-state index in [0.717, 1.165) is 29.8 Å². The van der Waals surface area contributed by atoms with Crippen molar-refractivity contribution in [2.45, 2.75) is 26.7 Å². The highest BCUT2D eigenvalue weighted by Crippen LogP contribution is 2.34. The highest BCUT2D eigenvalue weighted by molar-refractivity contribution is 5.91. The largest absolute Gasteiger partial charge is 0.454 e. The first-order chi connectivity index (χ1) is 10.6. The minimum atomic E-state index is 0.0669. The van der Waals surface area contributed by atoms with Gasteiger partial charge in [0.05, 0.1) is 26.1 Å². The Hall–Kier alpha value is -1.75. The topological polar surface area (TPSA) is 52.0 Å². The van der Waals surface area contributed by atoms with Crippen LogP contribution in [0.25, 0.3) is 0 Å². The van der Waals surface area contributed by atoms with Crippen molar-refractivity contribution in [2.75, 3.05) is 31.7 Å². The summed E-state index contributed by atoms with van der Waals surface area (Å²) in [5.41, 5.74) is 0.768. The quantitative estimate of drug-likeness (QED) is 0.882. The number of ether oxygens (including phenoxy) is 2. The third kappa shape index (κ3) is 3.71. The lowest BCUT2D eigenvalue weighted by molar-refractivity contribution is -0.911. The summed E-state index contributed by atoms with van der Waals surface area (Å²) in [6, 6.07) is 5.50. The van der Waals surface area contributed by atoms with Gasteiger partial charge < -0.3 is 19.7 Å². The Morgan fingerprint density at radius 3 is 2.73 bits per heavy atom. The molecule has 0 aliphatic carbocycles. The van der Waals surface area contributed by atoms with Gasteiger partial charge in [0.25, 0.3) is 0 Å². The Morgan fingerprint density at radius 1 is 1.23 bits per heavy atom. The molecule has 3 rings (SSSR count). The van der Waals surface area contributed by atoms with E-state index in [1.54, 1.807) is 4.90 Å². The molecule has 2 aliphatic heterocycles.